The highest BCUT2D eigenvalue weighted by atomic mass is 79.9. The Morgan fingerprint density at radius 1 is 1.20 bits per heavy atom. The predicted molar refractivity (Wildman–Crippen MR) is 90.4 cm³/mol. The smallest absolute Gasteiger partial charge is 0.147 e. The first kappa shape index (κ1) is 16.0. The van der Waals surface area contributed by atoms with Crippen molar-refractivity contribution < 1.29 is 4.74 Å². The lowest BCUT2D eigenvalue weighted by atomic mass is 10.2. The molecule has 0 radical (unpaired) electrons. The highest BCUT2D eigenvalue weighted by Crippen LogP contribution is 2.38. The molecule has 0 saturated carbocycles. The lowest BCUT2D eigenvalue weighted by Gasteiger charge is -2.14. The van der Waals surface area contributed by atoms with Crippen LogP contribution in [0.4, 0.5) is 0 Å². The SMILES string of the molecule is CSc1cccc(Oc2cc(Cl)c(Br)cc2Cl)c1CN. The van der Waals surface area contributed by atoms with E-state index < -0.39 is 0 Å². The number of hydrogen-bond acceptors (Lipinski definition) is 3. The van der Waals surface area contributed by atoms with Gasteiger partial charge in [0, 0.05) is 27.5 Å². The van der Waals surface area contributed by atoms with Gasteiger partial charge in [0.1, 0.15) is 11.5 Å². The van der Waals surface area contributed by atoms with E-state index in [-0.39, 0.29) is 0 Å². The van der Waals surface area contributed by atoms with Crippen LogP contribution in [0.3, 0.4) is 0 Å². The van der Waals surface area contributed by atoms with Gasteiger partial charge in [-0.25, -0.2) is 0 Å². The van der Waals surface area contributed by atoms with Crippen LogP contribution in [0.25, 0.3) is 0 Å². The molecule has 20 heavy (non-hydrogen) atoms. The molecule has 0 amide bonds. The monoisotopic (exact) mass is 391 g/mol. The molecular weight excluding hydrogens is 381 g/mol. The fraction of sp³-hybridized carbons (Fsp3) is 0.143. The maximum absolute atomic E-state index is 6.17. The van der Waals surface area contributed by atoms with Gasteiger partial charge in [-0.05, 0) is 40.4 Å². The Morgan fingerprint density at radius 2 is 1.95 bits per heavy atom. The van der Waals surface area contributed by atoms with Crippen molar-refractivity contribution in [3.63, 3.8) is 0 Å². The van der Waals surface area contributed by atoms with Gasteiger partial charge in [0.2, 0.25) is 0 Å². The summed E-state index contributed by atoms with van der Waals surface area (Å²) in [6, 6.07) is 9.19. The minimum absolute atomic E-state index is 0.397. The Balaban J connectivity index is 2.42. The second-order valence-electron chi connectivity index (χ2n) is 3.94. The Kier molecular flexibility index (Phi) is 5.64. The Morgan fingerprint density at radius 3 is 2.60 bits per heavy atom. The van der Waals surface area contributed by atoms with E-state index in [4.69, 9.17) is 33.7 Å². The van der Waals surface area contributed by atoms with E-state index in [1.165, 1.54) is 0 Å². The maximum Gasteiger partial charge on any atom is 0.147 e. The second kappa shape index (κ2) is 7.05. The predicted octanol–water partition coefficient (Wildman–Crippen LogP) is 5.73. The van der Waals surface area contributed by atoms with Gasteiger partial charge < -0.3 is 10.5 Å². The Bertz CT molecular complexity index is 637. The zero-order valence-electron chi connectivity index (χ0n) is 10.6. The quantitative estimate of drug-likeness (QED) is 0.533. The summed E-state index contributed by atoms with van der Waals surface area (Å²) in [7, 11) is 0. The molecular formula is C14H12BrCl2NOS. The third-order valence-electron chi connectivity index (χ3n) is 2.71. The number of thioether (sulfide) groups is 1. The summed E-state index contributed by atoms with van der Waals surface area (Å²) in [5, 5.41) is 1.03. The molecule has 0 unspecified atom stereocenters. The first-order valence-corrected chi connectivity index (χ1v) is 8.52. The number of halogens is 3. The molecule has 2 aromatic carbocycles. The summed E-state index contributed by atoms with van der Waals surface area (Å²) < 4.78 is 6.61. The number of benzene rings is 2. The van der Waals surface area contributed by atoms with Gasteiger partial charge in [-0.15, -0.1) is 11.8 Å². The average molecular weight is 393 g/mol. The molecule has 0 aromatic heterocycles. The molecule has 0 bridgehead atoms. The third-order valence-corrected chi connectivity index (χ3v) is 5.02. The summed E-state index contributed by atoms with van der Waals surface area (Å²) in [4.78, 5) is 1.09. The van der Waals surface area contributed by atoms with Crippen molar-refractivity contribution in [1.29, 1.82) is 0 Å². The number of rotatable bonds is 4. The third kappa shape index (κ3) is 3.43. The van der Waals surface area contributed by atoms with E-state index >= 15 is 0 Å². The zero-order chi connectivity index (χ0) is 14.7. The number of nitrogens with two attached hydrogens (primary N) is 1. The van der Waals surface area contributed by atoms with E-state index in [1.807, 2.05) is 24.5 Å². The zero-order valence-corrected chi connectivity index (χ0v) is 14.5. The highest BCUT2D eigenvalue weighted by molar-refractivity contribution is 9.10. The van der Waals surface area contributed by atoms with Crippen LogP contribution in [0.15, 0.2) is 39.7 Å². The van der Waals surface area contributed by atoms with E-state index in [0.717, 1.165) is 14.9 Å². The van der Waals surface area contributed by atoms with Crippen molar-refractivity contribution in [3.05, 3.63) is 50.4 Å². The molecule has 2 nitrogen and oxygen atoms in total. The molecule has 0 atom stereocenters. The van der Waals surface area contributed by atoms with Crippen LogP contribution >= 0.6 is 50.9 Å². The summed E-state index contributed by atoms with van der Waals surface area (Å²) in [5.74, 6) is 1.20. The van der Waals surface area contributed by atoms with E-state index in [2.05, 4.69) is 15.9 Å². The van der Waals surface area contributed by atoms with Gasteiger partial charge in [0.05, 0.1) is 10.0 Å². The van der Waals surface area contributed by atoms with Crippen LogP contribution in [0.5, 0.6) is 11.5 Å². The van der Waals surface area contributed by atoms with Crippen LogP contribution in [-0.2, 0) is 6.54 Å². The van der Waals surface area contributed by atoms with Gasteiger partial charge >= 0.3 is 0 Å². The Hall–Kier alpha value is -0.390. The van der Waals surface area contributed by atoms with Crippen molar-refractivity contribution in [1.82, 2.24) is 0 Å². The van der Waals surface area contributed by atoms with Crippen LogP contribution in [0, 0.1) is 0 Å². The van der Waals surface area contributed by atoms with Crippen LogP contribution in [0.1, 0.15) is 5.56 Å². The molecule has 6 heteroatoms. The topological polar surface area (TPSA) is 35.2 Å². The second-order valence-corrected chi connectivity index (χ2v) is 6.46. The van der Waals surface area contributed by atoms with Crippen molar-refractivity contribution in [2.24, 2.45) is 5.73 Å². The number of hydrogen-bond donors (Lipinski definition) is 1. The van der Waals surface area contributed by atoms with Crippen molar-refractivity contribution >= 4 is 50.9 Å². The molecule has 0 aliphatic carbocycles. The molecule has 106 valence electrons. The van der Waals surface area contributed by atoms with Crippen LogP contribution in [-0.4, -0.2) is 6.26 Å². The van der Waals surface area contributed by atoms with Crippen molar-refractivity contribution in [3.8, 4) is 11.5 Å². The standard InChI is InChI=1S/C14H12BrCl2NOS/c1-20-14-4-2-3-12(8(14)7-18)19-13-6-10(16)9(15)5-11(13)17/h2-6H,7,18H2,1H3. The molecule has 0 aliphatic heterocycles. The van der Waals surface area contributed by atoms with E-state index in [0.29, 0.717) is 28.1 Å². The molecule has 0 saturated heterocycles. The lowest BCUT2D eigenvalue weighted by Crippen LogP contribution is -2.01. The Labute approximate surface area is 140 Å². The van der Waals surface area contributed by atoms with Crippen molar-refractivity contribution in [2.75, 3.05) is 6.26 Å². The molecule has 0 spiro atoms. The van der Waals surface area contributed by atoms with Gasteiger partial charge in [0.15, 0.2) is 0 Å². The molecule has 0 fully saturated rings. The fourth-order valence-corrected chi connectivity index (χ4v) is 3.21. The van der Waals surface area contributed by atoms with Crippen molar-refractivity contribution in [2.45, 2.75) is 11.4 Å². The average Bonchev–Trinajstić information content (AvgIpc) is 2.44. The van der Waals surface area contributed by atoms with Gasteiger partial charge in [0.25, 0.3) is 0 Å². The largest absolute Gasteiger partial charge is 0.455 e. The molecule has 2 aromatic rings. The summed E-state index contributed by atoms with van der Waals surface area (Å²) in [6.07, 6.45) is 2.00. The minimum atomic E-state index is 0.397. The summed E-state index contributed by atoms with van der Waals surface area (Å²) in [5.41, 5.74) is 6.77. The fourth-order valence-electron chi connectivity index (χ4n) is 1.73. The van der Waals surface area contributed by atoms with Gasteiger partial charge in [-0.3, -0.25) is 0 Å². The lowest BCUT2D eigenvalue weighted by molar-refractivity contribution is 0.474. The van der Waals surface area contributed by atoms with E-state index in [9.17, 15) is 0 Å². The summed E-state index contributed by atoms with van der Waals surface area (Å²) >= 11 is 17.2. The first-order valence-electron chi connectivity index (χ1n) is 5.75. The van der Waals surface area contributed by atoms with Gasteiger partial charge in [-0.1, -0.05) is 29.3 Å². The van der Waals surface area contributed by atoms with E-state index in [1.54, 1.807) is 23.9 Å². The molecule has 0 heterocycles. The number of ether oxygens (including phenoxy) is 1. The summed E-state index contributed by atoms with van der Waals surface area (Å²) in [6.45, 7) is 0.397. The minimum Gasteiger partial charge on any atom is -0.455 e. The molecule has 0 aliphatic rings. The maximum atomic E-state index is 6.17. The van der Waals surface area contributed by atoms with Crippen LogP contribution < -0.4 is 10.5 Å². The normalized spacial score (nSPS) is 10.7. The first-order chi connectivity index (χ1) is 9.56. The molecule has 2 N–H and O–H groups in total. The van der Waals surface area contributed by atoms with Gasteiger partial charge in [-0.2, -0.15) is 0 Å². The highest BCUT2D eigenvalue weighted by Gasteiger charge is 2.12. The van der Waals surface area contributed by atoms with Crippen LogP contribution in [0.2, 0.25) is 10.0 Å². The molecule has 2 rings (SSSR count).